The molecule has 17 heavy (non-hydrogen) atoms. The third kappa shape index (κ3) is 2.04. The first-order valence-corrected chi connectivity index (χ1v) is 4.21. The van der Waals surface area contributed by atoms with E-state index in [1.54, 1.807) is 0 Å². The van der Waals surface area contributed by atoms with E-state index >= 15 is 0 Å². The number of hydrogen-bond donors (Lipinski definition) is 0. The number of rotatable bonds is 0. The average Bonchev–Trinajstić information content (AvgIpc) is 1.95. The maximum Gasteiger partial charge on any atom is 0.458 e. The Balaban J connectivity index is 3.28. The van der Waals surface area contributed by atoms with Gasteiger partial charge >= 0.3 is 28.8 Å². The fraction of sp³-hybridized carbons (Fsp3) is 1.00. The molecule has 1 heterocycles. The van der Waals surface area contributed by atoms with Crippen molar-refractivity contribution in [2.24, 2.45) is 0 Å². The van der Waals surface area contributed by atoms with E-state index < -0.39 is 28.8 Å². The minimum atomic E-state index is -6.45. The van der Waals surface area contributed by atoms with E-state index in [0.29, 0.717) is 0 Å². The van der Waals surface area contributed by atoms with E-state index in [4.69, 9.17) is 0 Å². The molecule has 0 bridgehead atoms. The Labute approximate surface area is 97.4 Å². The first kappa shape index (κ1) is 15.0. The van der Waals surface area contributed by atoms with Crippen LogP contribution in [0.5, 0.6) is 0 Å². The van der Waals surface area contributed by atoms with Crippen molar-refractivity contribution in [1.29, 1.82) is 0 Å². The molecular formula is C5Cl2F8O2. The summed E-state index contributed by atoms with van der Waals surface area (Å²) in [4.78, 5) is 0. The van der Waals surface area contributed by atoms with Crippen molar-refractivity contribution in [2.45, 2.75) is 28.8 Å². The fourth-order valence-corrected chi connectivity index (χ4v) is 1.08. The van der Waals surface area contributed by atoms with Gasteiger partial charge in [-0.15, -0.1) is 0 Å². The summed E-state index contributed by atoms with van der Waals surface area (Å²) in [6.07, 6.45) is -12.4. The van der Waals surface area contributed by atoms with E-state index in [9.17, 15) is 35.1 Å². The average molecular weight is 315 g/mol. The maximum atomic E-state index is 12.9. The number of ether oxygens (including phenoxy) is 2. The second kappa shape index (κ2) is 3.49. The van der Waals surface area contributed by atoms with E-state index in [1.165, 1.54) is 0 Å². The Kier molecular flexibility index (Phi) is 3.08. The van der Waals surface area contributed by atoms with Crippen LogP contribution in [0.3, 0.4) is 0 Å². The van der Waals surface area contributed by atoms with Crippen LogP contribution in [0.15, 0.2) is 0 Å². The Morgan fingerprint density at radius 2 is 1.12 bits per heavy atom. The molecule has 3 atom stereocenters. The summed E-state index contributed by atoms with van der Waals surface area (Å²) in [5.41, 5.74) is 0. The molecule has 0 aliphatic carbocycles. The van der Waals surface area contributed by atoms with Gasteiger partial charge in [0.25, 0.3) is 0 Å². The Morgan fingerprint density at radius 3 is 1.47 bits per heavy atom. The summed E-state index contributed by atoms with van der Waals surface area (Å²) in [7, 11) is 0. The minimum Gasteiger partial charge on any atom is -0.276 e. The van der Waals surface area contributed by atoms with Crippen molar-refractivity contribution in [2.75, 3.05) is 0 Å². The van der Waals surface area contributed by atoms with Gasteiger partial charge in [0, 0.05) is 0 Å². The third-order valence-electron chi connectivity index (χ3n) is 1.60. The highest BCUT2D eigenvalue weighted by molar-refractivity contribution is 6.31. The molecule has 12 heteroatoms. The van der Waals surface area contributed by atoms with Gasteiger partial charge in [0.2, 0.25) is 0 Å². The number of hydrogen-bond acceptors (Lipinski definition) is 2. The van der Waals surface area contributed by atoms with Crippen LogP contribution in [0.2, 0.25) is 0 Å². The maximum absolute atomic E-state index is 12.9. The summed E-state index contributed by atoms with van der Waals surface area (Å²) >= 11 is 8.58. The van der Waals surface area contributed by atoms with Crippen molar-refractivity contribution in [3.63, 3.8) is 0 Å². The molecule has 1 fully saturated rings. The monoisotopic (exact) mass is 314 g/mol. The molecule has 102 valence electrons. The zero-order valence-corrected chi connectivity index (χ0v) is 8.61. The molecule has 1 aliphatic rings. The molecule has 0 radical (unpaired) electrons. The summed E-state index contributed by atoms with van der Waals surface area (Å²) in [6, 6.07) is 0. The highest BCUT2D eigenvalue weighted by atomic mass is 35.5. The molecule has 1 rings (SSSR count). The highest BCUT2D eigenvalue weighted by Gasteiger charge is 2.84. The second-order valence-electron chi connectivity index (χ2n) is 2.85. The van der Waals surface area contributed by atoms with Crippen LogP contribution >= 0.6 is 23.2 Å². The molecule has 0 saturated carbocycles. The molecule has 0 aromatic heterocycles. The number of alkyl halides is 10. The van der Waals surface area contributed by atoms with Crippen molar-refractivity contribution in [3.05, 3.63) is 0 Å². The van der Waals surface area contributed by atoms with Crippen LogP contribution in [0, 0.1) is 0 Å². The zero-order valence-electron chi connectivity index (χ0n) is 7.10. The van der Waals surface area contributed by atoms with Crippen LogP contribution in [-0.4, -0.2) is 28.8 Å². The van der Waals surface area contributed by atoms with Crippen molar-refractivity contribution in [3.8, 4) is 0 Å². The van der Waals surface area contributed by atoms with E-state index in [2.05, 4.69) is 32.7 Å². The lowest BCUT2D eigenvalue weighted by molar-refractivity contribution is -0.545. The van der Waals surface area contributed by atoms with Gasteiger partial charge in [0.1, 0.15) is 0 Å². The van der Waals surface area contributed by atoms with Crippen molar-refractivity contribution >= 4 is 23.2 Å². The molecule has 0 aromatic rings. The number of halogens is 10. The topological polar surface area (TPSA) is 18.5 Å². The quantitative estimate of drug-likeness (QED) is 0.502. The summed E-state index contributed by atoms with van der Waals surface area (Å²) in [5, 5.41) is -9.51. The van der Waals surface area contributed by atoms with Gasteiger partial charge in [-0.2, -0.15) is 35.1 Å². The van der Waals surface area contributed by atoms with Gasteiger partial charge in [0.05, 0.1) is 0 Å². The largest absolute Gasteiger partial charge is 0.458 e. The van der Waals surface area contributed by atoms with Gasteiger partial charge in [-0.3, -0.25) is 9.47 Å². The second-order valence-corrected chi connectivity index (χ2v) is 3.82. The van der Waals surface area contributed by atoms with Crippen LogP contribution < -0.4 is 0 Å². The van der Waals surface area contributed by atoms with Crippen LogP contribution in [0.25, 0.3) is 0 Å². The Hall–Kier alpha value is -0.0600. The van der Waals surface area contributed by atoms with Crippen molar-refractivity contribution < 1.29 is 44.6 Å². The lowest BCUT2D eigenvalue weighted by atomic mass is 10.2. The highest BCUT2D eigenvalue weighted by Crippen LogP contribution is 2.59. The lowest BCUT2D eigenvalue weighted by Gasteiger charge is -2.45. The van der Waals surface area contributed by atoms with Gasteiger partial charge in [0.15, 0.2) is 0 Å². The van der Waals surface area contributed by atoms with Crippen LogP contribution in [0.1, 0.15) is 0 Å². The van der Waals surface area contributed by atoms with E-state index in [-0.39, 0.29) is 0 Å². The predicted molar refractivity (Wildman–Crippen MR) is 36.4 cm³/mol. The summed E-state index contributed by atoms with van der Waals surface area (Å²) < 4.78 is 105. The molecule has 0 spiro atoms. The smallest absolute Gasteiger partial charge is 0.276 e. The molecule has 2 nitrogen and oxygen atoms in total. The Bertz CT molecular complexity index is 328. The SMILES string of the molecule is FC(F)(F)C1(F)OC(F)(Cl)C(F)(Cl)OC1(F)F. The molecule has 1 aliphatic heterocycles. The van der Waals surface area contributed by atoms with Gasteiger partial charge < -0.3 is 0 Å². The van der Waals surface area contributed by atoms with Crippen LogP contribution in [-0.2, 0) is 9.47 Å². The molecule has 3 unspecified atom stereocenters. The van der Waals surface area contributed by atoms with Crippen LogP contribution in [0.4, 0.5) is 35.1 Å². The van der Waals surface area contributed by atoms with E-state index in [0.717, 1.165) is 0 Å². The van der Waals surface area contributed by atoms with Gasteiger partial charge in [-0.1, -0.05) is 0 Å². The van der Waals surface area contributed by atoms with E-state index in [1.807, 2.05) is 0 Å². The third-order valence-corrected chi connectivity index (χ3v) is 2.34. The summed E-state index contributed by atoms with van der Waals surface area (Å²) in [5.74, 6) is -5.99. The zero-order chi connectivity index (χ0) is 13.9. The predicted octanol–water partition coefficient (Wildman–Crippen LogP) is 3.58. The normalized spacial score (nSPS) is 46.9. The molecule has 1 saturated heterocycles. The molecule has 0 N–H and O–H groups in total. The molecule has 0 amide bonds. The first-order chi connectivity index (χ1) is 7.16. The summed E-state index contributed by atoms with van der Waals surface area (Å²) in [6.45, 7) is 0. The van der Waals surface area contributed by atoms with Crippen molar-refractivity contribution in [1.82, 2.24) is 0 Å². The molecule has 0 aromatic carbocycles. The standard InChI is InChI=1S/C5Cl2F8O2/c6-2(9)3(7,10)17-5(14,15)1(8,16-2)4(11,12)13. The fourth-order valence-electron chi connectivity index (χ4n) is 0.804. The van der Waals surface area contributed by atoms with Gasteiger partial charge in [-0.05, 0) is 23.2 Å². The minimum absolute atomic E-state index is 2.56. The Morgan fingerprint density at radius 1 is 0.765 bits per heavy atom. The first-order valence-electron chi connectivity index (χ1n) is 3.46. The van der Waals surface area contributed by atoms with Gasteiger partial charge in [-0.25, -0.2) is 0 Å². The lowest BCUT2D eigenvalue weighted by Crippen LogP contribution is -2.70. The molecular weight excluding hydrogens is 315 g/mol.